The van der Waals surface area contributed by atoms with Crippen LogP contribution in [0, 0.1) is 5.82 Å². The second kappa shape index (κ2) is 5.04. The van der Waals surface area contributed by atoms with E-state index in [1.807, 2.05) is 0 Å². The summed E-state index contributed by atoms with van der Waals surface area (Å²) in [5.74, 6) is 0.705. The summed E-state index contributed by atoms with van der Waals surface area (Å²) in [5.41, 5.74) is 1.62. The topological polar surface area (TPSA) is 44.0 Å². The number of H-pyrrole nitrogens is 1. The molecule has 4 nitrogen and oxygen atoms in total. The summed E-state index contributed by atoms with van der Waals surface area (Å²) < 4.78 is 13.1. The molecule has 3 rings (SSSR count). The van der Waals surface area contributed by atoms with Crippen LogP contribution in [0.1, 0.15) is 5.82 Å². The van der Waals surface area contributed by atoms with Crippen LogP contribution < -0.4 is 5.32 Å². The first-order valence-electron chi connectivity index (χ1n) is 6.38. The normalized spacial score (nSPS) is 17.4. The minimum Gasteiger partial charge on any atom is -0.342 e. The van der Waals surface area contributed by atoms with Crippen LogP contribution in [-0.4, -0.2) is 47.6 Å². The van der Waals surface area contributed by atoms with E-state index in [1.54, 1.807) is 6.07 Å². The number of aromatic amines is 1. The Morgan fingerprint density at radius 2 is 2.11 bits per heavy atom. The Bertz CT molecular complexity index is 531. The minimum atomic E-state index is -0.234. The first-order valence-corrected chi connectivity index (χ1v) is 6.38. The van der Waals surface area contributed by atoms with Crippen molar-refractivity contribution in [2.24, 2.45) is 0 Å². The lowest BCUT2D eigenvalue weighted by Crippen LogP contribution is -2.44. The van der Waals surface area contributed by atoms with Gasteiger partial charge >= 0.3 is 0 Å². The minimum absolute atomic E-state index is 0.234. The van der Waals surface area contributed by atoms with Gasteiger partial charge in [0.2, 0.25) is 0 Å². The highest BCUT2D eigenvalue weighted by atomic mass is 19.1. The van der Waals surface area contributed by atoms with Gasteiger partial charge in [0.25, 0.3) is 0 Å². The zero-order valence-electron chi connectivity index (χ0n) is 10.2. The van der Waals surface area contributed by atoms with Crippen molar-refractivity contribution < 1.29 is 4.39 Å². The van der Waals surface area contributed by atoms with Gasteiger partial charge in [0.1, 0.15) is 11.6 Å². The molecule has 18 heavy (non-hydrogen) atoms. The number of halogens is 1. The van der Waals surface area contributed by atoms with Gasteiger partial charge in [-0.3, -0.25) is 0 Å². The molecule has 1 saturated heterocycles. The van der Waals surface area contributed by atoms with E-state index in [0.29, 0.717) is 5.52 Å². The van der Waals surface area contributed by atoms with Gasteiger partial charge in [-0.1, -0.05) is 0 Å². The van der Waals surface area contributed by atoms with Crippen LogP contribution in [0.5, 0.6) is 0 Å². The third kappa shape index (κ3) is 2.52. The smallest absolute Gasteiger partial charge is 0.125 e. The van der Waals surface area contributed by atoms with Crippen LogP contribution in [0.2, 0.25) is 0 Å². The van der Waals surface area contributed by atoms with Gasteiger partial charge in [0.15, 0.2) is 0 Å². The van der Waals surface area contributed by atoms with E-state index in [-0.39, 0.29) is 5.82 Å². The third-order valence-corrected chi connectivity index (χ3v) is 3.37. The van der Waals surface area contributed by atoms with Gasteiger partial charge in [0.05, 0.1) is 11.0 Å². The van der Waals surface area contributed by atoms with Crippen molar-refractivity contribution in [2.75, 3.05) is 32.7 Å². The van der Waals surface area contributed by atoms with Crippen LogP contribution in [0.25, 0.3) is 11.0 Å². The maximum atomic E-state index is 13.1. The molecule has 1 aliphatic rings. The predicted molar refractivity (Wildman–Crippen MR) is 69.1 cm³/mol. The number of nitrogens with one attached hydrogen (secondary N) is 2. The van der Waals surface area contributed by atoms with E-state index in [1.165, 1.54) is 12.1 Å². The Balaban J connectivity index is 1.67. The number of nitrogens with zero attached hydrogens (tertiary/aromatic N) is 2. The van der Waals surface area contributed by atoms with Crippen molar-refractivity contribution in [2.45, 2.75) is 6.42 Å². The maximum Gasteiger partial charge on any atom is 0.125 e. The number of imidazole rings is 1. The average molecular weight is 248 g/mol. The molecule has 0 radical (unpaired) electrons. The van der Waals surface area contributed by atoms with Gasteiger partial charge < -0.3 is 15.2 Å². The number of fused-ring (bicyclic) bond motifs is 1. The number of hydrogen-bond donors (Lipinski definition) is 2. The fourth-order valence-corrected chi connectivity index (χ4v) is 2.35. The lowest BCUT2D eigenvalue weighted by Gasteiger charge is -2.26. The molecule has 0 atom stereocenters. The molecule has 1 aliphatic heterocycles. The molecule has 0 bridgehead atoms. The van der Waals surface area contributed by atoms with Gasteiger partial charge in [-0.05, 0) is 12.1 Å². The predicted octanol–water partition coefficient (Wildman–Crippen LogP) is 1.15. The van der Waals surface area contributed by atoms with Gasteiger partial charge in [-0.2, -0.15) is 0 Å². The number of piperazine rings is 1. The highest BCUT2D eigenvalue weighted by molar-refractivity contribution is 5.74. The Morgan fingerprint density at radius 1 is 1.28 bits per heavy atom. The fraction of sp³-hybridized carbons (Fsp3) is 0.462. The zero-order chi connectivity index (χ0) is 12.4. The van der Waals surface area contributed by atoms with Crippen LogP contribution in [0.4, 0.5) is 4.39 Å². The zero-order valence-corrected chi connectivity index (χ0v) is 10.2. The average Bonchev–Trinajstić information content (AvgIpc) is 2.79. The van der Waals surface area contributed by atoms with Crippen molar-refractivity contribution in [3.8, 4) is 0 Å². The highest BCUT2D eigenvalue weighted by Crippen LogP contribution is 2.13. The molecule has 0 amide bonds. The first-order chi connectivity index (χ1) is 8.81. The quantitative estimate of drug-likeness (QED) is 0.856. The first kappa shape index (κ1) is 11.6. The maximum absolute atomic E-state index is 13.1. The van der Waals surface area contributed by atoms with E-state index >= 15 is 0 Å². The standard InChI is InChI=1S/C13H17FN4/c14-10-1-2-11-12(9-10)17-13(16-11)3-6-18-7-4-15-5-8-18/h1-2,9,15H,3-8H2,(H,16,17). The molecule has 1 aromatic heterocycles. The Hall–Kier alpha value is -1.46. The Kier molecular flexibility index (Phi) is 3.25. The fourth-order valence-electron chi connectivity index (χ4n) is 2.35. The van der Waals surface area contributed by atoms with Crippen LogP contribution in [0.15, 0.2) is 18.2 Å². The summed E-state index contributed by atoms with van der Waals surface area (Å²) >= 11 is 0. The summed E-state index contributed by atoms with van der Waals surface area (Å²) in [7, 11) is 0. The monoisotopic (exact) mass is 248 g/mol. The SMILES string of the molecule is Fc1ccc2[nH]c(CCN3CCNCC3)nc2c1. The molecular formula is C13H17FN4. The molecule has 0 saturated carbocycles. The summed E-state index contributed by atoms with van der Waals surface area (Å²) in [6.07, 6.45) is 0.885. The molecule has 1 aromatic carbocycles. The molecule has 5 heteroatoms. The summed E-state index contributed by atoms with van der Waals surface area (Å²) in [5, 5.41) is 3.33. The van der Waals surface area contributed by atoms with E-state index in [4.69, 9.17) is 0 Å². The molecule has 2 heterocycles. The second-order valence-corrected chi connectivity index (χ2v) is 4.69. The lowest BCUT2D eigenvalue weighted by molar-refractivity contribution is 0.242. The van der Waals surface area contributed by atoms with Crippen molar-refractivity contribution in [3.05, 3.63) is 29.8 Å². The van der Waals surface area contributed by atoms with Crippen molar-refractivity contribution in [3.63, 3.8) is 0 Å². The van der Waals surface area contributed by atoms with E-state index in [9.17, 15) is 4.39 Å². The molecule has 0 unspecified atom stereocenters. The van der Waals surface area contributed by atoms with Crippen molar-refractivity contribution in [1.82, 2.24) is 20.2 Å². The molecule has 0 spiro atoms. The summed E-state index contributed by atoms with van der Waals surface area (Å²) in [6.45, 7) is 5.31. The number of rotatable bonds is 3. The number of hydrogen-bond acceptors (Lipinski definition) is 3. The summed E-state index contributed by atoms with van der Waals surface area (Å²) in [6, 6.07) is 4.67. The van der Waals surface area contributed by atoms with Crippen molar-refractivity contribution in [1.29, 1.82) is 0 Å². The molecule has 0 aliphatic carbocycles. The molecule has 1 fully saturated rings. The van der Waals surface area contributed by atoms with Gasteiger partial charge in [-0.15, -0.1) is 0 Å². The van der Waals surface area contributed by atoms with Gasteiger partial charge in [-0.25, -0.2) is 9.37 Å². The molecule has 2 aromatic rings. The summed E-state index contributed by atoms with van der Waals surface area (Å²) in [4.78, 5) is 10.1. The van der Waals surface area contributed by atoms with Crippen LogP contribution in [0.3, 0.4) is 0 Å². The van der Waals surface area contributed by atoms with Crippen LogP contribution in [-0.2, 0) is 6.42 Å². The van der Waals surface area contributed by atoms with Gasteiger partial charge in [0, 0.05) is 45.2 Å². The highest BCUT2D eigenvalue weighted by Gasteiger charge is 2.10. The molecule has 96 valence electrons. The molecular weight excluding hydrogens is 231 g/mol. The van der Waals surface area contributed by atoms with Crippen LogP contribution >= 0.6 is 0 Å². The van der Waals surface area contributed by atoms with Crippen molar-refractivity contribution >= 4 is 11.0 Å². The Morgan fingerprint density at radius 3 is 2.94 bits per heavy atom. The lowest BCUT2D eigenvalue weighted by atomic mass is 10.3. The third-order valence-electron chi connectivity index (χ3n) is 3.37. The second-order valence-electron chi connectivity index (χ2n) is 4.69. The van der Waals surface area contributed by atoms with E-state index < -0.39 is 0 Å². The number of benzene rings is 1. The molecule has 2 N–H and O–H groups in total. The number of aromatic nitrogens is 2. The largest absolute Gasteiger partial charge is 0.342 e. The Labute approximate surface area is 105 Å². The van der Waals surface area contributed by atoms with E-state index in [0.717, 1.165) is 50.5 Å². The van der Waals surface area contributed by atoms with E-state index in [2.05, 4.69) is 20.2 Å².